The van der Waals surface area contributed by atoms with Crippen molar-refractivity contribution in [3.63, 3.8) is 0 Å². The summed E-state index contributed by atoms with van der Waals surface area (Å²) in [4.78, 5) is 11.5. The minimum atomic E-state index is 0.0991. The molecule has 17 heavy (non-hydrogen) atoms. The molecule has 1 aromatic carbocycles. The molecule has 0 radical (unpaired) electrons. The number of carbonyl (C=O) groups excluding carboxylic acids is 1. The van der Waals surface area contributed by atoms with E-state index in [1.165, 1.54) is 16.7 Å². The molecule has 1 atom stereocenters. The summed E-state index contributed by atoms with van der Waals surface area (Å²) in [5.74, 6) is 1.37. The normalized spacial score (nSPS) is 18.2. The SMILES string of the molecule is CNC(=O)CC1CCOc2c(C)cc(C)cc21. The van der Waals surface area contributed by atoms with Gasteiger partial charge in [-0.2, -0.15) is 0 Å². The Morgan fingerprint density at radius 1 is 1.47 bits per heavy atom. The lowest BCUT2D eigenvalue weighted by Gasteiger charge is -2.27. The first-order valence-electron chi connectivity index (χ1n) is 6.06. The number of ether oxygens (including phenoxy) is 1. The zero-order chi connectivity index (χ0) is 12.4. The van der Waals surface area contributed by atoms with Crippen molar-refractivity contribution >= 4 is 5.91 Å². The molecule has 1 heterocycles. The molecule has 92 valence electrons. The van der Waals surface area contributed by atoms with Gasteiger partial charge in [0.2, 0.25) is 5.91 Å². The molecular formula is C14H19NO2. The minimum Gasteiger partial charge on any atom is -0.493 e. The predicted octanol–water partition coefficient (Wildman–Crippen LogP) is 2.31. The Morgan fingerprint density at radius 3 is 2.94 bits per heavy atom. The number of hydrogen-bond donors (Lipinski definition) is 1. The molecule has 3 heteroatoms. The zero-order valence-corrected chi connectivity index (χ0v) is 10.7. The standard InChI is InChI=1S/C14H19NO2/c1-9-6-10(2)14-12(7-9)11(4-5-17-14)8-13(16)15-3/h6-7,11H,4-5,8H2,1-3H3,(H,15,16). The van der Waals surface area contributed by atoms with E-state index in [2.05, 4.69) is 31.3 Å². The molecule has 0 bridgehead atoms. The van der Waals surface area contributed by atoms with Crippen molar-refractivity contribution in [2.24, 2.45) is 0 Å². The maximum Gasteiger partial charge on any atom is 0.220 e. The van der Waals surface area contributed by atoms with Crippen LogP contribution in [0, 0.1) is 13.8 Å². The average molecular weight is 233 g/mol. The molecular weight excluding hydrogens is 214 g/mol. The summed E-state index contributed by atoms with van der Waals surface area (Å²) in [5, 5.41) is 2.69. The molecule has 1 aromatic rings. The highest BCUT2D eigenvalue weighted by Crippen LogP contribution is 2.38. The third-order valence-electron chi connectivity index (χ3n) is 3.31. The van der Waals surface area contributed by atoms with Crippen LogP contribution in [0.4, 0.5) is 0 Å². The number of amides is 1. The lowest BCUT2D eigenvalue weighted by Crippen LogP contribution is -2.24. The van der Waals surface area contributed by atoms with Gasteiger partial charge in [-0.25, -0.2) is 0 Å². The number of benzene rings is 1. The number of fused-ring (bicyclic) bond motifs is 1. The quantitative estimate of drug-likeness (QED) is 0.851. The van der Waals surface area contributed by atoms with Crippen LogP contribution in [-0.4, -0.2) is 19.6 Å². The van der Waals surface area contributed by atoms with Crippen LogP contribution in [0.15, 0.2) is 12.1 Å². The Balaban J connectivity index is 2.33. The van der Waals surface area contributed by atoms with Gasteiger partial charge < -0.3 is 10.1 Å². The van der Waals surface area contributed by atoms with Crippen molar-refractivity contribution < 1.29 is 9.53 Å². The summed E-state index contributed by atoms with van der Waals surface area (Å²) in [7, 11) is 1.68. The average Bonchev–Trinajstić information content (AvgIpc) is 2.30. The Labute approximate surface area is 102 Å². The number of hydrogen-bond acceptors (Lipinski definition) is 2. The second-order valence-corrected chi connectivity index (χ2v) is 4.71. The Bertz CT molecular complexity index is 440. The van der Waals surface area contributed by atoms with E-state index in [9.17, 15) is 4.79 Å². The highest BCUT2D eigenvalue weighted by Gasteiger charge is 2.24. The van der Waals surface area contributed by atoms with E-state index in [4.69, 9.17) is 4.74 Å². The molecule has 2 rings (SSSR count). The molecule has 0 spiro atoms. The van der Waals surface area contributed by atoms with Gasteiger partial charge in [-0.05, 0) is 37.3 Å². The molecule has 1 aliphatic heterocycles. The number of aryl methyl sites for hydroxylation is 2. The smallest absolute Gasteiger partial charge is 0.220 e. The van der Waals surface area contributed by atoms with Gasteiger partial charge in [0.25, 0.3) is 0 Å². The Kier molecular flexibility index (Phi) is 3.36. The van der Waals surface area contributed by atoms with Gasteiger partial charge in [-0.1, -0.05) is 17.7 Å². The van der Waals surface area contributed by atoms with Crippen molar-refractivity contribution in [1.29, 1.82) is 0 Å². The van der Waals surface area contributed by atoms with E-state index in [-0.39, 0.29) is 11.8 Å². The van der Waals surface area contributed by atoms with E-state index in [1.54, 1.807) is 7.05 Å². The predicted molar refractivity (Wildman–Crippen MR) is 67.5 cm³/mol. The molecule has 1 amide bonds. The van der Waals surface area contributed by atoms with E-state index in [0.29, 0.717) is 13.0 Å². The molecule has 0 saturated heterocycles. The summed E-state index contributed by atoms with van der Waals surface area (Å²) < 4.78 is 5.72. The van der Waals surface area contributed by atoms with Gasteiger partial charge in [0.05, 0.1) is 6.61 Å². The molecule has 3 nitrogen and oxygen atoms in total. The first kappa shape index (κ1) is 12.0. The molecule has 0 saturated carbocycles. The van der Waals surface area contributed by atoms with Crippen molar-refractivity contribution in [3.8, 4) is 5.75 Å². The topological polar surface area (TPSA) is 38.3 Å². The van der Waals surface area contributed by atoms with Crippen LogP contribution >= 0.6 is 0 Å². The summed E-state index contributed by atoms with van der Waals surface area (Å²) in [6, 6.07) is 4.27. The Hall–Kier alpha value is -1.51. The number of nitrogens with one attached hydrogen (secondary N) is 1. The van der Waals surface area contributed by atoms with Crippen molar-refractivity contribution in [2.45, 2.75) is 32.6 Å². The van der Waals surface area contributed by atoms with Crippen LogP contribution in [0.3, 0.4) is 0 Å². The van der Waals surface area contributed by atoms with E-state index < -0.39 is 0 Å². The third kappa shape index (κ3) is 2.43. The van der Waals surface area contributed by atoms with Crippen LogP contribution in [0.2, 0.25) is 0 Å². The minimum absolute atomic E-state index is 0.0991. The van der Waals surface area contributed by atoms with Gasteiger partial charge in [-0.15, -0.1) is 0 Å². The Morgan fingerprint density at radius 2 is 2.24 bits per heavy atom. The molecule has 0 aliphatic carbocycles. The number of carbonyl (C=O) groups is 1. The molecule has 0 fully saturated rings. The van der Waals surface area contributed by atoms with Crippen molar-refractivity contribution in [1.82, 2.24) is 5.32 Å². The summed E-state index contributed by atoms with van der Waals surface area (Å²) >= 11 is 0. The highest BCUT2D eigenvalue weighted by molar-refractivity contribution is 5.76. The van der Waals surface area contributed by atoms with Gasteiger partial charge >= 0.3 is 0 Å². The van der Waals surface area contributed by atoms with Crippen LogP contribution in [0.25, 0.3) is 0 Å². The fourth-order valence-corrected chi connectivity index (χ4v) is 2.48. The van der Waals surface area contributed by atoms with Crippen LogP contribution < -0.4 is 10.1 Å². The maximum atomic E-state index is 11.5. The highest BCUT2D eigenvalue weighted by atomic mass is 16.5. The lowest BCUT2D eigenvalue weighted by atomic mass is 9.87. The monoisotopic (exact) mass is 233 g/mol. The second-order valence-electron chi connectivity index (χ2n) is 4.71. The van der Waals surface area contributed by atoms with Crippen molar-refractivity contribution in [2.75, 3.05) is 13.7 Å². The fraction of sp³-hybridized carbons (Fsp3) is 0.500. The summed E-state index contributed by atoms with van der Waals surface area (Å²) in [6.45, 7) is 4.85. The molecule has 1 N–H and O–H groups in total. The number of rotatable bonds is 2. The van der Waals surface area contributed by atoms with Gasteiger partial charge in [0.1, 0.15) is 5.75 Å². The van der Waals surface area contributed by atoms with Gasteiger partial charge in [-0.3, -0.25) is 4.79 Å². The van der Waals surface area contributed by atoms with Crippen molar-refractivity contribution in [3.05, 3.63) is 28.8 Å². The molecule has 1 aliphatic rings. The van der Waals surface area contributed by atoms with E-state index >= 15 is 0 Å². The lowest BCUT2D eigenvalue weighted by molar-refractivity contribution is -0.121. The van der Waals surface area contributed by atoms with Crippen LogP contribution in [0.1, 0.15) is 35.4 Å². The molecule has 1 unspecified atom stereocenters. The van der Waals surface area contributed by atoms with Gasteiger partial charge in [0, 0.05) is 13.5 Å². The van der Waals surface area contributed by atoms with E-state index in [0.717, 1.165) is 12.2 Å². The first-order valence-corrected chi connectivity index (χ1v) is 6.06. The summed E-state index contributed by atoms with van der Waals surface area (Å²) in [6.07, 6.45) is 1.47. The largest absolute Gasteiger partial charge is 0.493 e. The van der Waals surface area contributed by atoms with E-state index in [1.807, 2.05) is 0 Å². The maximum absolute atomic E-state index is 11.5. The molecule has 0 aromatic heterocycles. The van der Waals surface area contributed by atoms with Crippen LogP contribution in [-0.2, 0) is 4.79 Å². The van der Waals surface area contributed by atoms with Crippen LogP contribution in [0.5, 0.6) is 5.75 Å². The second kappa shape index (κ2) is 4.78. The first-order chi connectivity index (χ1) is 8.11. The fourth-order valence-electron chi connectivity index (χ4n) is 2.48. The summed E-state index contributed by atoms with van der Waals surface area (Å²) in [5.41, 5.74) is 3.59. The van der Waals surface area contributed by atoms with Gasteiger partial charge in [0.15, 0.2) is 0 Å². The zero-order valence-electron chi connectivity index (χ0n) is 10.7. The third-order valence-corrected chi connectivity index (χ3v) is 3.31.